The van der Waals surface area contributed by atoms with Crippen LogP contribution in [0, 0.1) is 6.92 Å². The maximum absolute atomic E-state index is 11.7. The van der Waals surface area contributed by atoms with Crippen molar-refractivity contribution in [3.8, 4) is 0 Å². The van der Waals surface area contributed by atoms with Gasteiger partial charge in [-0.25, -0.2) is 23.1 Å². The van der Waals surface area contributed by atoms with E-state index in [-0.39, 0.29) is 16.3 Å². The first-order chi connectivity index (χ1) is 10.2. The number of benzene rings is 1. The van der Waals surface area contributed by atoms with Crippen LogP contribution in [0.4, 0.5) is 5.69 Å². The normalized spacial score (nSPS) is 11.7. The lowest BCUT2D eigenvalue weighted by Gasteiger charge is -2.12. The van der Waals surface area contributed by atoms with Gasteiger partial charge in [-0.15, -0.1) is 0 Å². The molecule has 3 N–H and O–H groups in total. The predicted octanol–water partition coefficient (Wildman–Crippen LogP) is 0.284. The van der Waals surface area contributed by atoms with Crippen LogP contribution in [0.15, 0.2) is 34.9 Å². The van der Waals surface area contributed by atoms with E-state index in [4.69, 9.17) is 5.14 Å². The first-order valence-corrected chi connectivity index (χ1v) is 7.52. The van der Waals surface area contributed by atoms with Crippen molar-refractivity contribution in [2.75, 3.05) is 19.5 Å². The minimum absolute atomic E-state index is 0.136. The molecule has 0 atom stereocenters. The van der Waals surface area contributed by atoms with Crippen LogP contribution in [0.25, 0.3) is 0 Å². The second kappa shape index (κ2) is 7.05. The topological polar surface area (TPSA) is 125 Å². The van der Waals surface area contributed by atoms with Gasteiger partial charge in [0.25, 0.3) is 0 Å². The van der Waals surface area contributed by atoms with Gasteiger partial charge in [-0.1, -0.05) is 6.07 Å². The molecule has 0 amide bonds. The summed E-state index contributed by atoms with van der Waals surface area (Å²) in [6.45, 7) is 1.68. The number of ether oxygens (including phenoxy) is 2. The van der Waals surface area contributed by atoms with Crippen molar-refractivity contribution in [1.29, 1.82) is 0 Å². The van der Waals surface area contributed by atoms with Crippen molar-refractivity contribution in [3.63, 3.8) is 0 Å². The number of rotatable bonds is 5. The van der Waals surface area contributed by atoms with Crippen molar-refractivity contribution in [2.45, 2.75) is 11.8 Å². The zero-order valence-corrected chi connectivity index (χ0v) is 13.1. The summed E-state index contributed by atoms with van der Waals surface area (Å²) in [4.78, 5) is 22.8. The van der Waals surface area contributed by atoms with Gasteiger partial charge in [0.1, 0.15) is 5.70 Å². The molecule has 0 unspecified atom stereocenters. The molecule has 0 bridgehead atoms. The molecule has 0 saturated heterocycles. The van der Waals surface area contributed by atoms with Crippen LogP contribution in [-0.4, -0.2) is 34.6 Å². The first kappa shape index (κ1) is 17.7. The molecule has 0 aromatic heterocycles. The Kier molecular flexibility index (Phi) is 5.66. The summed E-state index contributed by atoms with van der Waals surface area (Å²) in [5.74, 6) is -1.58. The SMILES string of the molecule is COC(=O)/C=C(/Nc1cc(S(N)(=O)=O)ccc1C)C(=O)OC. The van der Waals surface area contributed by atoms with Crippen LogP contribution in [0.5, 0.6) is 0 Å². The Morgan fingerprint density at radius 1 is 1.23 bits per heavy atom. The molecule has 0 aliphatic carbocycles. The third kappa shape index (κ3) is 4.57. The monoisotopic (exact) mass is 328 g/mol. The number of hydrogen-bond donors (Lipinski definition) is 2. The largest absolute Gasteiger partial charge is 0.466 e. The lowest BCUT2D eigenvalue weighted by Crippen LogP contribution is -2.17. The van der Waals surface area contributed by atoms with Gasteiger partial charge in [0.05, 0.1) is 25.2 Å². The van der Waals surface area contributed by atoms with Crippen molar-refractivity contribution in [1.82, 2.24) is 0 Å². The van der Waals surface area contributed by atoms with Crippen LogP contribution in [0.3, 0.4) is 0 Å². The number of primary sulfonamides is 1. The number of carbonyl (C=O) groups excluding carboxylic acids is 2. The Morgan fingerprint density at radius 3 is 2.36 bits per heavy atom. The van der Waals surface area contributed by atoms with Gasteiger partial charge >= 0.3 is 11.9 Å². The van der Waals surface area contributed by atoms with Crippen molar-refractivity contribution >= 4 is 27.6 Å². The lowest BCUT2D eigenvalue weighted by atomic mass is 10.2. The van der Waals surface area contributed by atoms with E-state index in [9.17, 15) is 18.0 Å². The van der Waals surface area contributed by atoms with E-state index in [1.54, 1.807) is 6.92 Å². The molecule has 8 nitrogen and oxygen atoms in total. The maximum atomic E-state index is 11.7. The highest BCUT2D eigenvalue weighted by molar-refractivity contribution is 7.89. The fourth-order valence-electron chi connectivity index (χ4n) is 1.49. The van der Waals surface area contributed by atoms with E-state index >= 15 is 0 Å². The Morgan fingerprint density at radius 2 is 1.86 bits per heavy atom. The minimum atomic E-state index is -3.90. The Hall–Kier alpha value is -2.39. The average Bonchev–Trinajstić information content (AvgIpc) is 2.46. The molecule has 0 aliphatic heterocycles. The Balaban J connectivity index is 3.27. The van der Waals surface area contributed by atoms with Crippen LogP contribution >= 0.6 is 0 Å². The Labute approximate surface area is 127 Å². The van der Waals surface area contributed by atoms with Gasteiger partial charge in [-0.3, -0.25) is 0 Å². The molecule has 1 aromatic carbocycles. The summed E-state index contributed by atoms with van der Waals surface area (Å²) in [6.07, 6.45) is 0.898. The number of nitrogens with two attached hydrogens (primary N) is 1. The second-order valence-electron chi connectivity index (χ2n) is 4.22. The van der Waals surface area contributed by atoms with E-state index in [0.29, 0.717) is 5.56 Å². The molecule has 0 spiro atoms. The van der Waals surface area contributed by atoms with Crippen LogP contribution < -0.4 is 10.5 Å². The number of aryl methyl sites for hydroxylation is 1. The summed E-state index contributed by atoms with van der Waals surface area (Å²) in [5, 5.41) is 7.70. The van der Waals surface area contributed by atoms with Crippen LogP contribution in [0.2, 0.25) is 0 Å². The molecule has 1 rings (SSSR count). The fourth-order valence-corrected chi connectivity index (χ4v) is 2.03. The van der Waals surface area contributed by atoms with Gasteiger partial charge in [0.2, 0.25) is 10.0 Å². The maximum Gasteiger partial charge on any atom is 0.354 e. The van der Waals surface area contributed by atoms with Crippen molar-refractivity contribution < 1.29 is 27.5 Å². The number of anilines is 1. The van der Waals surface area contributed by atoms with E-state index in [2.05, 4.69) is 14.8 Å². The van der Waals surface area contributed by atoms with Crippen LogP contribution in [0.1, 0.15) is 5.56 Å². The minimum Gasteiger partial charge on any atom is -0.466 e. The summed E-state index contributed by atoms with van der Waals surface area (Å²) in [6, 6.07) is 4.09. The highest BCUT2D eigenvalue weighted by Crippen LogP contribution is 2.21. The molecular weight excluding hydrogens is 312 g/mol. The van der Waals surface area contributed by atoms with E-state index in [1.807, 2.05) is 0 Å². The Bertz CT molecular complexity index is 724. The molecule has 120 valence electrons. The van der Waals surface area contributed by atoms with E-state index in [1.165, 1.54) is 18.2 Å². The number of nitrogens with one attached hydrogen (secondary N) is 1. The summed E-state index contributed by atoms with van der Waals surface area (Å²) < 4.78 is 31.7. The third-order valence-electron chi connectivity index (χ3n) is 2.68. The second-order valence-corrected chi connectivity index (χ2v) is 5.78. The number of esters is 2. The van der Waals surface area contributed by atoms with Gasteiger partial charge in [-0.05, 0) is 24.6 Å². The zero-order valence-electron chi connectivity index (χ0n) is 12.2. The first-order valence-electron chi connectivity index (χ1n) is 5.97. The third-order valence-corrected chi connectivity index (χ3v) is 3.59. The van der Waals surface area contributed by atoms with Crippen molar-refractivity contribution in [2.24, 2.45) is 5.14 Å². The van der Waals surface area contributed by atoms with E-state index < -0.39 is 22.0 Å². The van der Waals surface area contributed by atoms with Gasteiger partial charge in [-0.2, -0.15) is 0 Å². The molecule has 1 aromatic rings. The molecule has 9 heteroatoms. The number of hydrogen-bond acceptors (Lipinski definition) is 7. The number of sulfonamides is 1. The molecule has 0 fully saturated rings. The van der Waals surface area contributed by atoms with Crippen molar-refractivity contribution in [3.05, 3.63) is 35.5 Å². The molecule has 0 aliphatic rings. The summed E-state index contributed by atoms with van der Waals surface area (Å²) in [5.41, 5.74) is 0.711. The van der Waals surface area contributed by atoms with Gasteiger partial charge in [0.15, 0.2) is 0 Å². The molecule has 0 radical (unpaired) electrons. The zero-order chi connectivity index (χ0) is 16.9. The summed E-state index contributed by atoms with van der Waals surface area (Å²) in [7, 11) is -1.60. The van der Waals surface area contributed by atoms with E-state index in [0.717, 1.165) is 20.3 Å². The quantitative estimate of drug-likeness (QED) is 0.587. The number of methoxy groups -OCH3 is 2. The smallest absolute Gasteiger partial charge is 0.354 e. The molecular formula is C13H16N2O6S. The average molecular weight is 328 g/mol. The van der Waals surface area contributed by atoms with Gasteiger partial charge in [0, 0.05) is 5.69 Å². The predicted molar refractivity (Wildman–Crippen MR) is 78.3 cm³/mol. The fraction of sp³-hybridized carbons (Fsp3) is 0.231. The highest BCUT2D eigenvalue weighted by atomic mass is 32.2. The number of carbonyl (C=O) groups is 2. The summed E-state index contributed by atoms with van der Waals surface area (Å²) >= 11 is 0. The van der Waals surface area contributed by atoms with Crippen LogP contribution in [-0.2, 0) is 29.1 Å². The van der Waals surface area contributed by atoms with Gasteiger partial charge < -0.3 is 14.8 Å². The lowest BCUT2D eigenvalue weighted by molar-refractivity contribution is -0.138. The standard InChI is InChI=1S/C13H16N2O6S/c1-8-4-5-9(22(14,18)19)6-10(8)15-11(13(17)21-3)7-12(16)20-2/h4-7,15H,1-3H3,(H2,14,18,19)/b11-7+. The molecule has 0 heterocycles. The molecule has 0 saturated carbocycles. The highest BCUT2D eigenvalue weighted by Gasteiger charge is 2.16. The molecule has 22 heavy (non-hydrogen) atoms.